The first-order chi connectivity index (χ1) is 14.1. The van der Waals surface area contributed by atoms with E-state index in [-0.39, 0.29) is 5.91 Å². The van der Waals surface area contributed by atoms with E-state index in [1.54, 1.807) is 19.5 Å². The summed E-state index contributed by atoms with van der Waals surface area (Å²) in [6.07, 6.45) is 6.79. The summed E-state index contributed by atoms with van der Waals surface area (Å²) in [6, 6.07) is 11.9. The SMILES string of the molecule is COc1ccc(CCC(=O)N2CC(Cn3c(C)cnc3-c3ccncc3)C2)cc1. The lowest BCUT2D eigenvalue weighted by molar-refractivity contribution is -0.137. The van der Waals surface area contributed by atoms with E-state index in [1.807, 2.05) is 47.5 Å². The van der Waals surface area contributed by atoms with Crippen molar-refractivity contribution < 1.29 is 9.53 Å². The quantitative estimate of drug-likeness (QED) is 0.621. The largest absolute Gasteiger partial charge is 0.497 e. The molecule has 0 spiro atoms. The molecule has 6 heteroatoms. The van der Waals surface area contributed by atoms with Crippen LogP contribution in [0.15, 0.2) is 55.0 Å². The fraction of sp³-hybridized carbons (Fsp3) is 0.348. The number of ether oxygens (including phenoxy) is 1. The monoisotopic (exact) mass is 390 g/mol. The third-order valence-corrected chi connectivity index (χ3v) is 5.53. The summed E-state index contributed by atoms with van der Waals surface area (Å²) in [7, 11) is 1.66. The van der Waals surface area contributed by atoms with Gasteiger partial charge in [-0.05, 0) is 43.2 Å². The van der Waals surface area contributed by atoms with E-state index in [1.165, 1.54) is 0 Å². The minimum atomic E-state index is 0.230. The zero-order valence-electron chi connectivity index (χ0n) is 16.9. The molecule has 0 aliphatic carbocycles. The van der Waals surface area contributed by atoms with Gasteiger partial charge in [-0.25, -0.2) is 4.98 Å². The highest BCUT2D eigenvalue weighted by Crippen LogP contribution is 2.25. The number of likely N-dealkylation sites (tertiary alicyclic amines) is 1. The predicted octanol–water partition coefficient (Wildman–Crippen LogP) is 3.35. The van der Waals surface area contributed by atoms with Crippen LogP contribution >= 0.6 is 0 Å². The second-order valence-corrected chi connectivity index (χ2v) is 7.58. The van der Waals surface area contributed by atoms with Gasteiger partial charge in [-0.2, -0.15) is 0 Å². The molecule has 0 atom stereocenters. The second-order valence-electron chi connectivity index (χ2n) is 7.58. The topological polar surface area (TPSA) is 60.2 Å². The molecule has 6 nitrogen and oxygen atoms in total. The van der Waals surface area contributed by atoms with Crippen molar-refractivity contribution in [3.05, 3.63) is 66.2 Å². The summed E-state index contributed by atoms with van der Waals surface area (Å²) in [5.74, 6) is 2.50. The number of benzene rings is 1. The van der Waals surface area contributed by atoms with Gasteiger partial charge in [0.15, 0.2) is 0 Å². The molecule has 150 valence electrons. The van der Waals surface area contributed by atoms with Crippen LogP contribution in [0.25, 0.3) is 11.4 Å². The first-order valence-electron chi connectivity index (χ1n) is 9.97. The van der Waals surface area contributed by atoms with Crippen molar-refractivity contribution in [2.24, 2.45) is 5.92 Å². The zero-order chi connectivity index (χ0) is 20.2. The van der Waals surface area contributed by atoms with Crippen LogP contribution in [-0.4, -0.2) is 45.5 Å². The maximum Gasteiger partial charge on any atom is 0.222 e. The fourth-order valence-electron chi connectivity index (χ4n) is 3.77. The third kappa shape index (κ3) is 4.31. The Morgan fingerprint density at radius 2 is 1.86 bits per heavy atom. The van der Waals surface area contributed by atoms with Crippen LogP contribution in [0.2, 0.25) is 0 Å². The van der Waals surface area contributed by atoms with Crippen LogP contribution in [0.1, 0.15) is 17.7 Å². The molecule has 1 saturated heterocycles. The Bertz CT molecular complexity index is 960. The Morgan fingerprint density at radius 1 is 1.14 bits per heavy atom. The number of hydrogen-bond donors (Lipinski definition) is 0. The number of amides is 1. The number of rotatable bonds is 7. The number of aryl methyl sites for hydroxylation is 2. The molecular weight excluding hydrogens is 364 g/mol. The minimum Gasteiger partial charge on any atom is -0.497 e. The molecule has 4 rings (SSSR count). The molecule has 1 amide bonds. The van der Waals surface area contributed by atoms with Gasteiger partial charge in [0.25, 0.3) is 0 Å². The number of carbonyl (C=O) groups is 1. The lowest BCUT2D eigenvalue weighted by atomic mass is 9.98. The number of nitrogens with zero attached hydrogens (tertiary/aromatic N) is 4. The molecule has 29 heavy (non-hydrogen) atoms. The van der Waals surface area contributed by atoms with Crippen molar-refractivity contribution in [2.75, 3.05) is 20.2 Å². The van der Waals surface area contributed by atoms with Crippen LogP contribution in [0.5, 0.6) is 5.75 Å². The van der Waals surface area contributed by atoms with Crippen molar-refractivity contribution in [2.45, 2.75) is 26.3 Å². The molecule has 1 aliphatic rings. The molecule has 0 N–H and O–H groups in total. The number of hydrogen-bond acceptors (Lipinski definition) is 4. The molecule has 0 saturated carbocycles. The standard InChI is InChI=1S/C23H26N4O2/c1-17-13-25-23(20-9-11-24-12-10-20)27(17)16-19-14-26(15-19)22(28)8-5-18-3-6-21(29-2)7-4-18/h3-4,6-7,9-13,19H,5,8,14-16H2,1-2H3. The highest BCUT2D eigenvalue weighted by molar-refractivity contribution is 5.77. The van der Waals surface area contributed by atoms with Crippen LogP contribution in [0.4, 0.5) is 0 Å². The molecule has 2 aromatic heterocycles. The number of methoxy groups -OCH3 is 1. The Labute approximate surface area is 171 Å². The highest BCUT2D eigenvalue weighted by atomic mass is 16.5. The summed E-state index contributed by atoms with van der Waals surface area (Å²) in [5.41, 5.74) is 3.37. The van der Waals surface area contributed by atoms with E-state index in [2.05, 4.69) is 21.5 Å². The summed E-state index contributed by atoms with van der Waals surface area (Å²) in [6.45, 7) is 4.59. The normalized spacial score (nSPS) is 13.9. The molecule has 0 unspecified atom stereocenters. The lowest BCUT2D eigenvalue weighted by Gasteiger charge is -2.40. The van der Waals surface area contributed by atoms with Gasteiger partial charge in [0, 0.05) is 61.8 Å². The minimum absolute atomic E-state index is 0.230. The van der Waals surface area contributed by atoms with Gasteiger partial charge in [-0.3, -0.25) is 9.78 Å². The van der Waals surface area contributed by atoms with Gasteiger partial charge in [0.1, 0.15) is 11.6 Å². The summed E-state index contributed by atoms with van der Waals surface area (Å²) >= 11 is 0. The fourth-order valence-corrected chi connectivity index (χ4v) is 3.77. The van der Waals surface area contributed by atoms with E-state index < -0.39 is 0 Å². The Morgan fingerprint density at radius 3 is 2.55 bits per heavy atom. The molecule has 3 heterocycles. The number of carbonyl (C=O) groups excluding carboxylic acids is 1. The van der Waals surface area contributed by atoms with Gasteiger partial charge in [-0.1, -0.05) is 12.1 Å². The average Bonchev–Trinajstić information content (AvgIpc) is 3.09. The van der Waals surface area contributed by atoms with Crippen molar-refractivity contribution in [1.29, 1.82) is 0 Å². The van der Waals surface area contributed by atoms with Gasteiger partial charge in [0.2, 0.25) is 5.91 Å². The van der Waals surface area contributed by atoms with Crippen molar-refractivity contribution in [3.63, 3.8) is 0 Å². The predicted molar refractivity (Wildman–Crippen MR) is 112 cm³/mol. The lowest BCUT2D eigenvalue weighted by Crippen LogP contribution is -2.51. The highest BCUT2D eigenvalue weighted by Gasteiger charge is 2.31. The van der Waals surface area contributed by atoms with Crippen molar-refractivity contribution in [1.82, 2.24) is 19.4 Å². The second kappa shape index (κ2) is 8.47. The van der Waals surface area contributed by atoms with Crippen molar-refractivity contribution >= 4 is 5.91 Å². The number of pyridine rings is 1. The van der Waals surface area contributed by atoms with Gasteiger partial charge in [0.05, 0.1) is 7.11 Å². The first kappa shape index (κ1) is 19.2. The Balaban J connectivity index is 1.29. The molecule has 0 radical (unpaired) electrons. The van der Waals surface area contributed by atoms with Gasteiger partial charge in [-0.15, -0.1) is 0 Å². The van der Waals surface area contributed by atoms with E-state index in [0.717, 1.165) is 54.4 Å². The smallest absolute Gasteiger partial charge is 0.222 e. The van der Waals surface area contributed by atoms with E-state index >= 15 is 0 Å². The van der Waals surface area contributed by atoms with Crippen LogP contribution < -0.4 is 4.74 Å². The third-order valence-electron chi connectivity index (χ3n) is 5.53. The van der Waals surface area contributed by atoms with Crippen LogP contribution in [-0.2, 0) is 17.8 Å². The van der Waals surface area contributed by atoms with Crippen molar-refractivity contribution in [3.8, 4) is 17.1 Å². The van der Waals surface area contributed by atoms with Gasteiger partial charge < -0.3 is 14.2 Å². The Kier molecular flexibility index (Phi) is 5.60. The van der Waals surface area contributed by atoms with E-state index in [0.29, 0.717) is 12.3 Å². The Hall–Kier alpha value is -3.15. The maximum absolute atomic E-state index is 12.5. The summed E-state index contributed by atoms with van der Waals surface area (Å²) < 4.78 is 7.42. The molecule has 1 aliphatic heterocycles. The van der Waals surface area contributed by atoms with Crippen LogP contribution in [0.3, 0.4) is 0 Å². The molecule has 1 fully saturated rings. The summed E-state index contributed by atoms with van der Waals surface area (Å²) in [5, 5.41) is 0. The molecular formula is C23H26N4O2. The molecule has 0 bridgehead atoms. The number of aromatic nitrogens is 3. The molecule has 1 aromatic carbocycles. The zero-order valence-corrected chi connectivity index (χ0v) is 16.9. The maximum atomic E-state index is 12.5. The van der Waals surface area contributed by atoms with Gasteiger partial charge >= 0.3 is 0 Å². The first-order valence-corrected chi connectivity index (χ1v) is 9.97. The number of imidazole rings is 1. The van der Waals surface area contributed by atoms with E-state index in [4.69, 9.17) is 4.74 Å². The van der Waals surface area contributed by atoms with E-state index in [9.17, 15) is 4.79 Å². The van der Waals surface area contributed by atoms with Crippen LogP contribution in [0, 0.1) is 12.8 Å². The average molecular weight is 390 g/mol. The summed E-state index contributed by atoms with van der Waals surface area (Å²) in [4.78, 5) is 23.1. The molecule has 3 aromatic rings.